The van der Waals surface area contributed by atoms with Crippen molar-refractivity contribution in [1.29, 1.82) is 0 Å². The summed E-state index contributed by atoms with van der Waals surface area (Å²) >= 11 is 0. The predicted molar refractivity (Wildman–Crippen MR) is 174 cm³/mol. The van der Waals surface area contributed by atoms with Gasteiger partial charge in [-0.1, -0.05) is 128 Å². The Labute approximate surface area is 256 Å². The zero-order valence-electron chi connectivity index (χ0n) is 25.6. The Morgan fingerprint density at radius 3 is 1.73 bits per heavy atom. The van der Waals surface area contributed by atoms with Gasteiger partial charge in [0, 0.05) is 22.9 Å². The summed E-state index contributed by atoms with van der Waals surface area (Å²) in [6.07, 6.45) is 24.4. The number of aryl methyl sites for hydroxylation is 2. The van der Waals surface area contributed by atoms with E-state index in [2.05, 4.69) is 81.1 Å². The van der Waals surface area contributed by atoms with E-state index >= 15 is 0 Å². The molecule has 0 spiro atoms. The molecule has 0 aromatic heterocycles. The number of hydrogen-bond donors (Lipinski definition) is 0. The van der Waals surface area contributed by atoms with Gasteiger partial charge in [0.2, 0.25) is 0 Å². The monoisotopic (exact) mass is 584 g/mol. The first-order chi connectivity index (χ1) is 19.2. The number of benzene rings is 2. The first-order valence-electron chi connectivity index (χ1n) is 16.0. The second kappa shape index (κ2) is 24.6. The van der Waals surface area contributed by atoms with Crippen LogP contribution in [0.5, 0.6) is 0 Å². The van der Waals surface area contributed by atoms with Crippen LogP contribution in [0, 0.1) is 11.8 Å². The van der Waals surface area contributed by atoms with Crippen molar-refractivity contribution in [2.24, 2.45) is 9.98 Å². The zero-order valence-corrected chi connectivity index (χ0v) is 26.6. The van der Waals surface area contributed by atoms with Gasteiger partial charge in [-0.2, -0.15) is 0 Å². The molecule has 0 radical (unpaired) electrons. The summed E-state index contributed by atoms with van der Waals surface area (Å²) < 4.78 is 0. The SMILES string of the molecule is CCCCCCCCCC#CC(C=Nc1cccc(CCCCCC)c1)=Nc1cccc(CCCCCC)c1.[Ni]. The van der Waals surface area contributed by atoms with Gasteiger partial charge in [0.25, 0.3) is 0 Å². The maximum absolute atomic E-state index is 4.93. The van der Waals surface area contributed by atoms with Gasteiger partial charge in [-0.15, -0.1) is 0 Å². The van der Waals surface area contributed by atoms with Crippen molar-refractivity contribution in [3.63, 3.8) is 0 Å². The smallest absolute Gasteiger partial charge is 0.132 e. The van der Waals surface area contributed by atoms with E-state index < -0.39 is 0 Å². The first kappa shape index (κ1) is 35.9. The van der Waals surface area contributed by atoms with Gasteiger partial charge in [0.1, 0.15) is 5.71 Å². The van der Waals surface area contributed by atoms with Gasteiger partial charge < -0.3 is 0 Å². The van der Waals surface area contributed by atoms with Crippen LogP contribution < -0.4 is 0 Å². The quantitative estimate of drug-likeness (QED) is 0.0639. The van der Waals surface area contributed by atoms with Crippen molar-refractivity contribution < 1.29 is 16.5 Å². The van der Waals surface area contributed by atoms with Gasteiger partial charge in [-0.05, 0) is 73.4 Å². The Hall–Kier alpha value is -2.17. The molecule has 2 rings (SSSR count). The summed E-state index contributed by atoms with van der Waals surface area (Å²) in [6, 6.07) is 17.3. The maximum Gasteiger partial charge on any atom is 0.132 e. The maximum atomic E-state index is 4.93. The molecular formula is C37H54N2Ni. The van der Waals surface area contributed by atoms with Crippen LogP contribution in [0.3, 0.4) is 0 Å². The van der Waals surface area contributed by atoms with Crippen molar-refractivity contribution in [2.45, 2.75) is 136 Å². The number of aliphatic imine (C=N–C) groups is 2. The standard InChI is InChI=1S/C37H54N2.Ni/c1-4-7-10-13-14-15-16-17-20-27-37(39-36-29-22-26-34(31-36)24-19-12-9-6-3)32-38-35-28-21-25-33(30-35)23-18-11-8-5-2;/h21-22,25-26,28-32H,4-19,23-24H2,1-3H3;. The Bertz CT molecular complexity index is 1030. The molecule has 0 bridgehead atoms. The van der Waals surface area contributed by atoms with E-state index in [1.165, 1.54) is 101 Å². The van der Waals surface area contributed by atoms with Crippen molar-refractivity contribution >= 4 is 23.3 Å². The van der Waals surface area contributed by atoms with E-state index in [1.54, 1.807) is 0 Å². The second-order valence-corrected chi connectivity index (χ2v) is 10.9. The number of unbranched alkanes of at least 4 members (excludes halogenated alkanes) is 13. The summed E-state index contributed by atoms with van der Waals surface area (Å²) in [5, 5.41) is 0. The molecule has 0 heterocycles. The van der Waals surface area contributed by atoms with E-state index in [9.17, 15) is 0 Å². The molecule has 222 valence electrons. The Morgan fingerprint density at radius 2 is 1.12 bits per heavy atom. The van der Waals surface area contributed by atoms with E-state index in [0.717, 1.165) is 42.8 Å². The minimum absolute atomic E-state index is 0. The van der Waals surface area contributed by atoms with E-state index in [-0.39, 0.29) is 16.5 Å². The summed E-state index contributed by atoms with van der Waals surface area (Å²) in [4.78, 5) is 9.73. The molecule has 2 nitrogen and oxygen atoms in total. The van der Waals surface area contributed by atoms with E-state index in [1.807, 2.05) is 6.21 Å². The molecule has 0 atom stereocenters. The fourth-order valence-electron chi connectivity index (χ4n) is 4.77. The van der Waals surface area contributed by atoms with E-state index in [0.29, 0.717) is 0 Å². The fraction of sp³-hybridized carbons (Fsp3) is 0.568. The largest absolute Gasteiger partial charge is 0.254 e. The summed E-state index contributed by atoms with van der Waals surface area (Å²) in [7, 11) is 0. The third kappa shape index (κ3) is 17.5. The Balaban J connectivity index is 0.00000800. The van der Waals surface area contributed by atoms with E-state index in [4.69, 9.17) is 9.98 Å². The number of nitrogens with zero attached hydrogens (tertiary/aromatic N) is 2. The van der Waals surface area contributed by atoms with Crippen LogP contribution in [0.1, 0.15) is 135 Å². The third-order valence-electron chi connectivity index (χ3n) is 7.17. The molecule has 0 saturated heterocycles. The molecular weight excluding hydrogens is 531 g/mol. The van der Waals surface area contributed by atoms with Crippen LogP contribution in [-0.4, -0.2) is 11.9 Å². The van der Waals surface area contributed by atoms with Crippen LogP contribution in [-0.2, 0) is 29.3 Å². The molecule has 40 heavy (non-hydrogen) atoms. The van der Waals surface area contributed by atoms with Gasteiger partial charge >= 0.3 is 0 Å². The van der Waals surface area contributed by atoms with Gasteiger partial charge in [0.05, 0.1) is 17.6 Å². The third-order valence-corrected chi connectivity index (χ3v) is 7.17. The Kier molecular flexibility index (Phi) is 22.1. The van der Waals surface area contributed by atoms with Crippen molar-refractivity contribution in [2.75, 3.05) is 0 Å². The van der Waals surface area contributed by atoms with Crippen LogP contribution in [0.4, 0.5) is 11.4 Å². The average molecular weight is 586 g/mol. The molecule has 0 fully saturated rings. The molecule has 3 heteroatoms. The second-order valence-electron chi connectivity index (χ2n) is 10.9. The molecule has 2 aromatic carbocycles. The molecule has 2 aromatic rings. The molecule has 0 unspecified atom stereocenters. The molecule has 0 saturated carbocycles. The van der Waals surface area contributed by atoms with Crippen molar-refractivity contribution in [3.8, 4) is 11.8 Å². The fourth-order valence-corrected chi connectivity index (χ4v) is 4.77. The zero-order chi connectivity index (χ0) is 27.8. The normalized spacial score (nSPS) is 11.3. The first-order valence-corrected chi connectivity index (χ1v) is 16.0. The molecule has 0 N–H and O–H groups in total. The van der Waals surface area contributed by atoms with Crippen LogP contribution in [0.2, 0.25) is 0 Å². The van der Waals surface area contributed by atoms with Crippen LogP contribution >= 0.6 is 0 Å². The molecule has 0 aliphatic heterocycles. The van der Waals surface area contributed by atoms with Gasteiger partial charge in [-0.3, -0.25) is 4.99 Å². The summed E-state index contributed by atoms with van der Waals surface area (Å²) in [6.45, 7) is 6.79. The molecule has 0 aliphatic rings. The summed E-state index contributed by atoms with van der Waals surface area (Å²) in [5.74, 6) is 6.73. The van der Waals surface area contributed by atoms with Crippen LogP contribution in [0.25, 0.3) is 0 Å². The van der Waals surface area contributed by atoms with Crippen molar-refractivity contribution in [1.82, 2.24) is 0 Å². The minimum atomic E-state index is 0. The minimum Gasteiger partial charge on any atom is -0.254 e. The van der Waals surface area contributed by atoms with Gasteiger partial charge in [0.15, 0.2) is 0 Å². The predicted octanol–water partition coefficient (Wildman–Crippen LogP) is 11.5. The molecule has 0 aliphatic carbocycles. The Morgan fingerprint density at radius 1 is 0.625 bits per heavy atom. The van der Waals surface area contributed by atoms with Crippen molar-refractivity contribution in [3.05, 3.63) is 59.7 Å². The number of rotatable bonds is 20. The topological polar surface area (TPSA) is 24.7 Å². The summed E-state index contributed by atoms with van der Waals surface area (Å²) in [5.41, 5.74) is 5.42. The van der Waals surface area contributed by atoms with Gasteiger partial charge in [-0.25, -0.2) is 4.99 Å². The van der Waals surface area contributed by atoms with Crippen LogP contribution in [0.15, 0.2) is 58.5 Å². The average Bonchev–Trinajstić information content (AvgIpc) is 2.96. The molecule has 0 amide bonds. The number of hydrogen-bond acceptors (Lipinski definition) is 2.